The Hall–Kier alpha value is -4.91. The van der Waals surface area contributed by atoms with Crippen molar-refractivity contribution in [3.05, 3.63) is 116 Å². The van der Waals surface area contributed by atoms with Crippen molar-refractivity contribution in [2.45, 2.75) is 29.5 Å². The predicted molar refractivity (Wildman–Crippen MR) is 203 cm³/mol. The first-order valence-corrected chi connectivity index (χ1v) is 19.5. The number of hydrogen-bond acceptors (Lipinski definition) is 9. The van der Waals surface area contributed by atoms with E-state index < -0.39 is 17.8 Å². The summed E-state index contributed by atoms with van der Waals surface area (Å²) in [6.45, 7) is 1.70. The van der Waals surface area contributed by atoms with Gasteiger partial charge in [0.15, 0.2) is 6.61 Å². The fourth-order valence-electron chi connectivity index (χ4n) is 9.14. The molecule has 0 spiro atoms. The summed E-state index contributed by atoms with van der Waals surface area (Å²) >= 11 is 9.36. The fourth-order valence-corrected chi connectivity index (χ4v) is 12.2. The van der Waals surface area contributed by atoms with E-state index in [0.29, 0.717) is 34.1 Å². The highest BCUT2D eigenvalue weighted by Crippen LogP contribution is 2.69. The van der Waals surface area contributed by atoms with Crippen molar-refractivity contribution in [1.82, 2.24) is 4.98 Å². The van der Waals surface area contributed by atoms with E-state index in [9.17, 15) is 24.0 Å². The van der Waals surface area contributed by atoms with Gasteiger partial charge in [0, 0.05) is 37.7 Å². The predicted octanol–water partition coefficient (Wildman–Crippen LogP) is 7.12. The van der Waals surface area contributed by atoms with Crippen LogP contribution in [0.1, 0.15) is 40.1 Å². The lowest BCUT2D eigenvalue weighted by molar-refractivity contribution is -0.123. The molecule has 10 nitrogen and oxygen atoms in total. The van der Waals surface area contributed by atoms with E-state index >= 15 is 0 Å². The molecule has 4 unspecified atom stereocenters. The molecule has 5 aromatic rings. The molecule has 3 heterocycles. The van der Waals surface area contributed by atoms with Gasteiger partial charge in [0.25, 0.3) is 5.91 Å². The molecular weight excluding hydrogens is 734 g/mol. The van der Waals surface area contributed by atoms with Crippen LogP contribution in [0.25, 0.3) is 10.8 Å². The number of aromatic nitrogens is 1. The largest absolute Gasteiger partial charge is 0.483 e. The lowest BCUT2D eigenvalue weighted by Gasteiger charge is -2.43. The maximum Gasteiger partial charge on any atom is 0.338 e. The Morgan fingerprint density at radius 2 is 1.70 bits per heavy atom. The lowest BCUT2D eigenvalue weighted by Crippen LogP contribution is -2.42. The van der Waals surface area contributed by atoms with E-state index in [4.69, 9.17) is 21.1 Å². The minimum Gasteiger partial charge on any atom is -0.483 e. The van der Waals surface area contributed by atoms with Crippen molar-refractivity contribution in [2.75, 3.05) is 23.4 Å². The number of amides is 3. The zero-order valence-corrected chi connectivity index (χ0v) is 30.6. The highest BCUT2D eigenvalue weighted by molar-refractivity contribution is 8.00. The molecule has 0 radical (unpaired) electrons. The molecule has 2 aliphatic carbocycles. The molecule has 1 aromatic heterocycles. The Bertz CT molecular complexity index is 2390. The number of ether oxygens (including phenoxy) is 2. The average molecular weight is 766 g/mol. The molecule has 3 fully saturated rings. The summed E-state index contributed by atoms with van der Waals surface area (Å²) in [5, 5.41) is 6.05. The van der Waals surface area contributed by atoms with Gasteiger partial charge in [-0.2, -0.15) is 0 Å². The molecule has 4 aliphatic rings. The van der Waals surface area contributed by atoms with Crippen LogP contribution in [0.5, 0.6) is 5.75 Å². The molecular formula is C40H32ClN3O7S2. The minimum atomic E-state index is -0.533. The number of rotatable bonds is 8. The van der Waals surface area contributed by atoms with Crippen LogP contribution in [0, 0.1) is 29.6 Å². The van der Waals surface area contributed by atoms with Crippen molar-refractivity contribution < 1.29 is 28.7 Å². The van der Waals surface area contributed by atoms with Crippen molar-refractivity contribution in [3.63, 3.8) is 0 Å². The van der Waals surface area contributed by atoms with E-state index in [2.05, 4.69) is 10.3 Å². The number of carbonyl (C=O) groups is 4. The van der Waals surface area contributed by atoms with Crippen molar-refractivity contribution >= 4 is 80.5 Å². The second-order valence-corrected chi connectivity index (χ2v) is 16.4. The molecule has 9 rings (SSSR count). The smallest absolute Gasteiger partial charge is 0.338 e. The number of imide groups is 1. The molecule has 268 valence electrons. The monoisotopic (exact) mass is 765 g/mol. The number of nitrogens with one attached hydrogen (secondary N) is 2. The van der Waals surface area contributed by atoms with Gasteiger partial charge in [-0.15, -0.1) is 11.8 Å². The van der Waals surface area contributed by atoms with Gasteiger partial charge >= 0.3 is 10.8 Å². The lowest BCUT2D eigenvalue weighted by atomic mass is 9.68. The quantitative estimate of drug-likeness (QED) is 0.126. The van der Waals surface area contributed by atoms with Crippen LogP contribution in [0.4, 0.5) is 11.4 Å². The number of nitrogens with zero attached hydrogens (tertiary/aromatic N) is 1. The number of thiazole rings is 1. The summed E-state index contributed by atoms with van der Waals surface area (Å²) in [5.74, 6) is -2.60. The standard InChI is InChI=1S/C40H32ClN3O7S2/c1-2-50-39(48)20-10-13-22(14-11-20)44-37(46)32-25-17-26(33(32)38(44)47)34-31(25)30(35-36(52-34)43-40(49)53-35)24-16-21(41)12-15-28(24)51-18-29(45)42-27-9-5-7-19-6-3-4-8-23(19)27/h3-16,25-26,30-34H,2,17-18H2,1H3,(H,42,45)(H,43,49)/t25-,26-,30-,31?,32?,33?,34?/m1/s1. The first kappa shape index (κ1) is 33.9. The number of anilines is 2. The van der Waals surface area contributed by atoms with Crippen LogP contribution in [0.2, 0.25) is 5.02 Å². The van der Waals surface area contributed by atoms with Gasteiger partial charge in [0.2, 0.25) is 11.8 Å². The first-order valence-electron chi connectivity index (χ1n) is 17.5. The Balaban J connectivity index is 1.02. The third-order valence-corrected chi connectivity index (χ3v) is 13.9. The highest BCUT2D eigenvalue weighted by atomic mass is 35.5. The zero-order valence-electron chi connectivity index (χ0n) is 28.2. The van der Waals surface area contributed by atoms with Gasteiger partial charge in [-0.25, -0.2) is 4.79 Å². The molecule has 2 N–H and O–H groups in total. The van der Waals surface area contributed by atoms with E-state index in [1.54, 1.807) is 55.1 Å². The molecule has 13 heteroatoms. The third-order valence-electron chi connectivity index (χ3n) is 11.1. The molecule has 53 heavy (non-hydrogen) atoms. The van der Waals surface area contributed by atoms with Crippen LogP contribution in [0.15, 0.2) is 94.7 Å². The summed E-state index contributed by atoms with van der Waals surface area (Å²) in [4.78, 5) is 71.7. The van der Waals surface area contributed by atoms with E-state index in [0.717, 1.165) is 37.6 Å². The second kappa shape index (κ2) is 13.2. The molecule has 2 saturated carbocycles. The van der Waals surface area contributed by atoms with Gasteiger partial charge < -0.3 is 19.8 Å². The molecule has 1 saturated heterocycles. The minimum absolute atomic E-state index is 0.0617. The maximum absolute atomic E-state index is 14.3. The summed E-state index contributed by atoms with van der Waals surface area (Å²) in [7, 11) is 0. The first-order chi connectivity index (χ1) is 25.7. The number of benzene rings is 4. The maximum atomic E-state index is 14.3. The van der Waals surface area contributed by atoms with Crippen LogP contribution < -0.4 is 19.8 Å². The van der Waals surface area contributed by atoms with Crippen LogP contribution in [0.3, 0.4) is 0 Å². The highest BCUT2D eigenvalue weighted by Gasteiger charge is 2.70. The number of halogens is 1. The van der Waals surface area contributed by atoms with E-state index in [1.165, 1.54) is 4.90 Å². The molecule has 2 bridgehead atoms. The Labute approximate surface area is 316 Å². The molecule has 4 aromatic carbocycles. The van der Waals surface area contributed by atoms with Crippen LogP contribution in [-0.4, -0.2) is 47.1 Å². The van der Waals surface area contributed by atoms with Gasteiger partial charge in [-0.3, -0.25) is 24.1 Å². The molecule has 3 amide bonds. The number of carbonyl (C=O) groups excluding carboxylic acids is 4. The third kappa shape index (κ3) is 5.57. The summed E-state index contributed by atoms with van der Waals surface area (Å²) in [6.07, 6.45) is 0.699. The number of thioether (sulfide) groups is 1. The van der Waals surface area contributed by atoms with Crippen LogP contribution >= 0.6 is 34.7 Å². The van der Waals surface area contributed by atoms with E-state index in [-0.39, 0.29) is 64.7 Å². The fraction of sp³-hybridized carbons (Fsp3) is 0.275. The summed E-state index contributed by atoms with van der Waals surface area (Å²) < 4.78 is 11.4. The number of fused-ring (bicyclic) bond motifs is 10. The van der Waals surface area contributed by atoms with Gasteiger partial charge in [0.05, 0.1) is 34.7 Å². The van der Waals surface area contributed by atoms with Crippen molar-refractivity contribution in [1.29, 1.82) is 0 Å². The Kier molecular flexibility index (Phi) is 8.43. The Morgan fingerprint density at radius 1 is 0.943 bits per heavy atom. The summed E-state index contributed by atoms with van der Waals surface area (Å²) in [6, 6.07) is 25.2. The topological polar surface area (TPSA) is 135 Å². The number of H-pyrrole nitrogens is 1. The normalized spacial score (nSPS) is 25.2. The number of esters is 1. The second-order valence-electron chi connectivity index (χ2n) is 13.8. The van der Waals surface area contributed by atoms with Crippen molar-refractivity contribution in [3.8, 4) is 5.75 Å². The van der Waals surface area contributed by atoms with Gasteiger partial charge in [0.1, 0.15) is 5.75 Å². The Morgan fingerprint density at radius 3 is 2.49 bits per heavy atom. The van der Waals surface area contributed by atoms with Gasteiger partial charge in [-0.1, -0.05) is 59.3 Å². The van der Waals surface area contributed by atoms with E-state index in [1.807, 2.05) is 48.5 Å². The van der Waals surface area contributed by atoms with Crippen LogP contribution in [-0.2, 0) is 19.1 Å². The van der Waals surface area contributed by atoms with Crippen molar-refractivity contribution in [2.24, 2.45) is 29.6 Å². The van der Waals surface area contributed by atoms with Gasteiger partial charge in [-0.05, 0) is 85.0 Å². The SMILES string of the molecule is CCOC(=O)c1ccc(N2C(=O)C3C(C2=O)[C@@H]2C[C@H]3C3Sc4[nH]c(=O)sc4[C@H](c4cc(Cl)ccc4OCC(=O)Nc4cccc5ccccc45)C32)cc1. The molecule has 2 aliphatic heterocycles. The average Bonchev–Trinajstić information content (AvgIpc) is 3.90. The number of aromatic amines is 1. The summed E-state index contributed by atoms with van der Waals surface area (Å²) in [5.41, 5.74) is 2.17. The number of hydrogen-bond donors (Lipinski definition) is 2. The molecule has 7 atom stereocenters. The zero-order chi connectivity index (χ0) is 36.5.